The minimum atomic E-state index is 0.255. The first-order chi connectivity index (χ1) is 3.27. The van der Waals surface area contributed by atoms with Crippen LogP contribution < -0.4 is 0 Å². The Hall–Kier alpha value is -0.0400. The van der Waals surface area contributed by atoms with Crippen molar-refractivity contribution in [1.82, 2.24) is 0 Å². The molecule has 0 aromatic rings. The van der Waals surface area contributed by atoms with Gasteiger partial charge < -0.3 is 4.79 Å². The Balaban J connectivity index is 0. The van der Waals surface area contributed by atoms with Gasteiger partial charge in [0, 0.05) is 12.8 Å². The molecule has 44 valence electrons. The van der Waals surface area contributed by atoms with E-state index < -0.39 is 0 Å². The summed E-state index contributed by atoms with van der Waals surface area (Å²) in [5.74, 6) is 0.255. The fourth-order valence-electron chi connectivity index (χ4n) is 0. The predicted octanol–water partition coefficient (Wildman–Crippen LogP) is 1.84. The Morgan fingerprint density at radius 1 is 1.57 bits per heavy atom. The van der Waals surface area contributed by atoms with Crippen LogP contribution in [0.3, 0.4) is 0 Å². The molecule has 0 bridgehead atoms. The van der Waals surface area contributed by atoms with Crippen molar-refractivity contribution in [2.45, 2.75) is 20.3 Å². The van der Waals surface area contributed by atoms with E-state index in [4.69, 9.17) is 0 Å². The number of alkyl halides is 1. The van der Waals surface area contributed by atoms with E-state index in [0.717, 1.165) is 0 Å². The zero-order valence-corrected chi connectivity index (χ0v) is 5.75. The quantitative estimate of drug-likeness (QED) is 0.485. The van der Waals surface area contributed by atoms with Gasteiger partial charge in [-0.1, -0.05) is 6.92 Å². The molecule has 0 spiro atoms. The summed E-state index contributed by atoms with van der Waals surface area (Å²) in [5, 5.41) is 0. The van der Waals surface area contributed by atoms with Crippen LogP contribution in [0.25, 0.3) is 0 Å². The van der Waals surface area contributed by atoms with Crippen molar-refractivity contribution in [3.63, 3.8) is 0 Å². The minimum absolute atomic E-state index is 0.255. The SMILES string of the molecule is CCC(C)=O.CCl. The van der Waals surface area contributed by atoms with Crippen molar-refractivity contribution in [3.8, 4) is 0 Å². The minimum Gasteiger partial charge on any atom is -0.300 e. The van der Waals surface area contributed by atoms with E-state index in [1.54, 1.807) is 6.92 Å². The van der Waals surface area contributed by atoms with Gasteiger partial charge in [-0.15, -0.1) is 11.6 Å². The van der Waals surface area contributed by atoms with Gasteiger partial charge in [0.15, 0.2) is 0 Å². The first kappa shape index (κ1) is 10.0. The van der Waals surface area contributed by atoms with Crippen LogP contribution in [0.4, 0.5) is 0 Å². The summed E-state index contributed by atoms with van der Waals surface area (Å²) in [4.78, 5) is 9.81. The standard InChI is InChI=1S/C4H8O.CH3Cl/c1-3-4(2)5;1-2/h3H2,1-2H3;1H3. The second-order valence-electron chi connectivity index (χ2n) is 1.06. The second-order valence-corrected chi connectivity index (χ2v) is 1.06. The summed E-state index contributed by atoms with van der Waals surface area (Å²) in [6, 6.07) is 0. The topological polar surface area (TPSA) is 17.1 Å². The fourth-order valence-corrected chi connectivity index (χ4v) is 0. The average Bonchev–Trinajstić information content (AvgIpc) is 1.73. The molecule has 0 aliphatic rings. The Kier molecular flexibility index (Phi) is 13.4. The lowest BCUT2D eigenvalue weighted by molar-refractivity contribution is -0.116. The van der Waals surface area contributed by atoms with E-state index in [2.05, 4.69) is 11.6 Å². The van der Waals surface area contributed by atoms with Gasteiger partial charge in [0.2, 0.25) is 0 Å². The lowest BCUT2D eigenvalue weighted by atomic mass is 10.4. The number of halogens is 1. The molecule has 0 saturated heterocycles. The molecule has 0 aliphatic heterocycles. The van der Waals surface area contributed by atoms with Crippen molar-refractivity contribution in [2.75, 3.05) is 6.38 Å². The number of Topliss-reactive ketones (excluding diaryl/α,β-unsaturated/α-hetero) is 1. The summed E-state index contributed by atoms with van der Waals surface area (Å²) in [5.41, 5.74) is 0. The molecular weight excluding hydrogens is 112 g/mol. The predicted molar refractivity (Wildman–Crippen MR) is 32.7 cm³/mol. The molecule has 0 radical (unpaired) electrons. The van der Waals surface area contributed by atoms with Crippen LogP contribution in [-0.4, -0.2) is 12.2 Å². The maximum atomic E-state index is 9.81. The van der Waals surface area contributed by atoms with Gasteiger partial charge in [0.05, 0.1) is 0 Å². The lowest BCUT2D eigenvalue weighted by Gasteiger charge is -1.71. The van der Waals surface area contributed by atoms with Gasteiger partial charge in [-0.05, 0) is 6.92 Å². The highest BCUT2D eigenvalue weighted by Crippen LogP contribution is 1.71. The van der Waals surface area contributed by atoms with Crippen LogP contribution in [0, 0.1) is 0 Å². The maximum absolute atomic E-state index is 9.81. The van der Waals surface area contributed by atoms with Crippen LogP contribution in [0.1, 0.15) is 20.3 Å². The van der Waals surface area contributed by atoms with Gasteiger partial charge in [-0.2, -0.15) is 0 Å². The van der Waals surface area contributed by atoms with Crippen molar-refractivity contribution >= 4 is 17.4 Å². The average molecular weight is 123 g/mol. The third kappa shape index (κ3) is 24.3. The van der Waals surface area contributed by atoms with Gasteiger partial charge in [-0.3, -0.25) is 0 Å². The third-order valence-corrected chi connectivity index (χ3v) is 0.498. The van der Waals surface area contributed by atoms with Crippen LogP contribution in [0.5, 0.6) is 0 Å². The zero-order chi connectivity index (χ0) is 6.28. The van der Waals surface area contributed by atoms with Gasteiger partial charge in [-0.25, -0.2) is 0 Å². The fraction of sp³-hybridized carbons (Fsp3) is 0.800. The largest absolute Gasteiger partial charge is 0.300 e. The number of hydrogen-bond acceptors (Lipinski definition) is 1. The number of ketones is 1. The van der Waals surface area contributed by atoms with E-state index >= 15 is 0 Å². The molecule has 0 aromatic carbocycles. The molecule has 0 unspecified atom stereocenters. The van der Waals surface area contributed by atoms with E-state index in [-0.39, 0.29) is 5.78 Å². The van der Waals surface area contributed by atoms with Crippen LogP contribution in [0.15, 0.2) is 0 Å². The highest BCUT2D eigenvalue weighted by Gasteiger charge is 1.76. The maximum Gasteiger partial charge on any atom is 0.129 e. The van der Waals surface area contributed by atoms with Crippen molar-refractivity contribution in [3.05, 3.63) is 0 Å². The number of carbonyl (C=O) groups excluding carboxylic acids is 1. The monoisotopic (exact) mass is 122 g/mol. The van der Waals surface area contributed by atoms with E-state index in [9.17, 15) is 4.79 Å². The number of carbonyl (C=O) groups is 1. The summed E-state index contributed by atoms with van der Waals surface area (Å²) < 4.78 is 0. The first-order valence-electron chi connectivity index (χ1n) is 2.14. The first-order valence-corrected chi connectivity index (χ1v) is 2.90. The molecule has 2 heteroatoms. The van der Waals surface area contributed by atoms with E-state index in [1.807, 2.05) is 6.92 Å². The summed E-state index contributed by atoms with van der Waals surface area (Å²) in [6.45, 7) is 3.43. The van der Waals surface area contributed by atoms with Crippen LogP contribution in [-0.2, 0) is 4.79 Å². The van der Waals surface area contributed by atoms with Gasteiger partial charge >= 0.3 is 0 Å². The Labute approximate surface area is 49.7 Å². The van der Waals surface area contributed by atoms with Crippen molar-refractivity contribution in [2.24, 2.45) is 0 Å². The number of rotatable bonds is 1. The molecule has 0 rings (SSSR count). The van der Waals surface area contributed by atoms with Crippen LogP contribution >= 0.6 is 11.6 Å². The summed E-state index contributed by atoms with van der Waals surface area (Å²) in [6.07, 6.45) is 2.14. The van der Waals surface area contributed by atoms with Crippen LogP contribution in [0.2, 0.25) is 0 Å². The molecule has 1 nitrogen and oxygen atoms in total. The number of hydrogen-bond donors (Lipinski definition) is 0. The smallest absolute Gasteiger partial charge is 0.129 e. The second kappa shape index (κ2) is 9.35. The van der Waals surface area contributed by atoms with E-state index in [0.29, 0.717) is 6.42 Å². The molecule has 0 N–H and O–H groups in total. The van der Waals surface area contributed by atoms with Gasteiger partial charge in [0.25, 0.3) is 0 Å². The third-order valence-electron chi connectivity index (χ3n) is 0.498. The highest BCUT2D eigenvalue weighted by molar-refractivity contribution is 6.15. The van der Waals surface area contributed by atoms with E-state index in [1.165, 1.54) is 6.38 Å². The Bertz CT molecular complexity index is 43.3. The molecule has 0 amide bonds. The molecule has 0 heterocycles. The molecule has 0 atom stereocenters. The van der Waals surface area contributed by atoms with Crippen molar-refractivity contribution < 1.29 is 4.79 Å². The molecule has 0 fully saturated rings. The Morgan fingerprint density at radius 3 is 1.71 bits per heavy atom. The molecule has 0 saturated carbocycles. The molecule has 0 aliphatic carbocycles. The highest BCUT2D eigenvalue weighted by atomic mass is 35.5. The zero-order valence-electron chi connectivity index (χ0n) is 4.99. The molecular formula is C5H11ClO. The molecule has 0 aromatic heterocycles. The van der Waals surface area contributed by atoms with Gasteiger partial charge in [0.1, 0.15) is 5.78 Å². The molecule has 7 heavy (non-hydrogen) atoms. The lowest BCUT2D eigenvalue weighted by Crippen LogP contribution is -1.80. The summed E-state index contributed by atoms with van der Waals surface area (Å²) >= 11 is 4.64. The van der Waals surface area contributed by atoms with Crippen molar-refractivity contribution in [1.29, 1.82) is 0 Å². The normalized spacial score (nSPS) is 6.29. The Morgan fingerprint density at radius 2 is 1.71 bits per heavy atom. The summed E-state index contributed by atoms with van der Waals surface area (Å²) in [7, 11) is 0.